The molecular weight excluding hydrogens is 280 g/mol. The second-order valence-corrected chi connectivity index (χ2v) is 16.0. The standard InChI is InChI=1S/C16H24O2Si2/c1-19(2,3)17-15-9-7-13-8-10-16(12-14(13)11-15)18-20(4,5)6/h7-12H,1-6H3. The fourth-order valence-corrected chi connectivity index (χ4v) is 3.71. The first-order chi connectivity index (χ1) is 9.12. The first kappa shape index (κ1) is 15.1. The highest BCUT2D eigenvalue weighted by atomic mass is 28.4. The van der Waals surface area contributed by atoms with Crippen LogP contribution in [0.3, 0.4) is 0 Å². The van der Waals surface area contributed by atoms with E-state index in [2.05, 4.69) is 75.7 Å². The number of fused-ring (bicyclic) bond motifs is 1. The van der Waals surface area contributed by atoms with Crippen LogP contribution in [0.5, 0.6) is 11.5 Å². The molecule has 0 aliphatic heterocycles. The van der Waals surface area contributed by atoms with Gasteiger partial charge in [-0.3, -0.25) is 0 Å². The van der Waals surface area contributed by atoms with Gasteiger partial charge in [0.2, 0.25) is 16.6 Å². The Morgan fingerprint density at radius 1 is 0.600 bits per heavy atom. The van der Waals surface area contributed by atoms with Crippen molar-refractivity contribution in [2.45, 2.75) is 39.3 Å². The molecule has 4 heteroatoms. The summed E-state index contributed by atoms with van der Waals surface area (Å²) in [5.74, 6) is 1.92. The van der Waals surface area contributed by atoms with Gasteiger partial charge in [-0.05, 0) is 74.3 Å². The van der Waals surface area contributed by atoms with E-state index in [1.54, 1.807) is 0 Å². The Morgan fingerprint density at radius 2 is 1.00 bits per heavy atom. The lowest BCUT2D eigenvalue weighted by Crippen LogP contribution is -2.29. The molecule has 0 aliphatic carbocycles. The Bertz CT molecular complexity index is 559. The van der Waals surface area contributed by atoms with E-state index in [0.29, 0.717) is 0 Å². The van der Waals surface area contributed by atoms with Gasteiger partial charge in [0.25, 0.3) is 0 Å². The van der Waals surface area contributed by atoms with E-state index in [4.69, 9.17) is 8.85 Å². The highest BCUT2D eigenvalue weighted by Crippen LogP contribution is 2.27. The van der Waals surface area contributed by atoms with Gasteiger partial charge in [0.05, 0.1) is 0 Å². The van der Waals surface area contributed by atoms with Crippen LogP contribution in [-0.4, -0.2) is 16.6 Å². The van der Waals surface area contributed by atoms with Gasteiger partial charge in [-0.15, -0.1) is 0 Å². The molecule has 2 aromatic rings. The van der Waals surface area contributed by atoms with Gasteiger partial charge in [-0.25, -0.2) is 0 Å². The average Bonchev–Trinajstić information content (AvgIpc) is 2.23. The van der Waals surface area contributed by atoms with Crippen LogP contribution in [-0.2, 0) is 0 Å². The molecule has 20 heavy (non-hydrogen) atoms. The molecule has 0 saturated heterocycles. The molecule has 0 spiro atoms. The molecule has 0 heterocycles. The minimum absolute atomic E-state index is 0.960. The maximum Gasteiger partial charge on any atom is 0.242 e. The largest absolute Gasteiger partial charge is 0.544 e. The van der Waals surface area contributed by atoms with Crippen molar-refractivity contribution in [2.24, 2.45) is 0 Å². The summed E-state index contributed by atoms with van der Waals surface area (Å²) in [6.45, 7) is 13.2. The lowest BCUT2D eigenvalue weighted by atomic mass is 10.1. The van der Waals surface area contributed by atoms with E-state index in [0.717, 1.165) is 11.5 Å². The lowest BCUT2D eigenvalue weighted by molar-refractivity contribution is 0.557. The summed E-state index contributed by atoms with van der Waals surface area (Å²) in [5, 5.41) is 2.40. The van der Waals surface area contributed by atoms with E-state index >= 15 is 0 Å². The molecule has 0 radical (unpaired) electrons. The summed E-state index contributed by atoms with van der Waals surface area (Å²) in [4.78, 5) is 0. The van der Waals surface area contributed by atoms with Crippen LogP contribution in [0, 0.1) is 0 Å². The van der Waals surface area contributed by atoms with Crippen molar-refractivity contribution < 1.29 is 8.85 Å². The molecule has 0 fully saturated rings. The molecule has 2 aromatic carbocycles. The molecule has 0 unspecified atom stereocenters. The molecule has 2 nitrogen and oxygen atoms in total. The van der Waals surface area contributed by atoms with Gasteiger partial charge >= 0.3 is 0 Å². The predicted molar refractivity (Wildman–Crippen MR) is 91.9 cm³/mol. The number of hydrogen-bond acceptors (Lipinski definition) is 2. The van der Waals surface area contributed by atoms with Crippen LogP contribution < -0.4 is 8.85 Å². The van der Waals surface area contributed by atoms with Crippen molar-refractivity contribution in [3.05, 3.63) is 36.4 Å². The van der Waals surface area contributed by atoms with E-state index in [-0.39, 0.29) is 0 Å². The van der Waals surface area contributed by atoms with Crippen LogP contribution in [0.1, 0.15) is 0 Å². The summed E-state index contributed by atoms with van der Waals surface area (Å²) >= 11 is 0. The smallest absolute Gasteiger partial charge is 0.242 e. The van der Waals surface area contributed by atoms with Crippen molar-refractivity contribution in [2.75, 3.05) is 0 Å². The van der Waals surface area contributed by atoms with E-state index < -0.39 is 16.6 Å². The lowest BCUT2D eigenvalue weighted by Gasteiger charge is -2.21. The maximum absolute atomic E-state index is 6.06. The Kier molecular flexibility index (Phi) is 3.98. The highest BCUT2D eigenvalue weighted by molar-refractivity contribution is 6.70. The minimum atomic E-state index is -1.56. The summed E-state index contributed by atoms with van der Waals surface area (Å²) in [5.41, 5.74) is 0. The average molecular weight is 305 g/mol. The van der Waals surface area contributed by atoms with E-state index in [1.165, 1.54) is 10.8 Å². The third-order valence-corrected chi connectivity index (χ3v) is 4.33. The van der Waals surface area contributed by atoms with Crippen LogP contribution in [0.25, 0.3) is 10.8 Å². The van der Waals surface area contributed by atoms with Crippen molar-refractivity contribution in [1.82, 2.24) is 0 Å². The molecule has 0 N–H and O–H groups in total. The first-order valence-corrected chi connectivity index (χ1v) is 13.9. The van der Waals surface area contributed by atoms with E-state index in [9.17, 15) is 0 Å². The molecule has 0 saturated carbocycles. The Balaban J connectivity index is 2.34. The monoisotopic (exact) mass is 304 g/mol. The molecular formula is C16H24O2Si2. The van der Waals surface area contributed by atoms with Gasteiger partial charge in [-0.1, -0.05) is 12.1 Å². The van der Waals surface area contributed by atoms with Crippen molar-refractivity contribution >= 4 is 27.4 Å². The summed E-state index contributed by atoms with van der Waals surface area (Å²) in [7, 11) is -3.12. The second-order valence-electron chi connectivity index (χ2n) is 7.10. The zero-order valence-corrected chi connectivity index (χ0v) is 15.3. The zero-order chi connectivity index (χ0) is 15.0. The van der Waals surface area contributed by atoms with Crippen molar-refractivity contribution in [3.8, 4) is 11.5 Å². The molecule has 0 atom stereocenters. The summed E-state index contributed by atoms with van der Waals surface area (Å²) < 4.78 is 12.1. The summed E-state index contributed by atoms with van der Waals surface area (Å²) in [6.07, 6.45) is 0. The minimum Gasteiger partial charge on any atom is -0.544 e. The third-order valence-electron chi connectivity index (χ3n) is 2.63. The molecule has 0 bridgehead atoms. The van der Waals surface area contributed by atoms with Gasteiger partial charge in [0, 0.05) is 0 Å². The number of benzene rings is 2. The van der Waals surface area contributed by atoms with Crippen molar-refractivity contribution in [3.63, 3.8) is 0 Å². The number of hydrogen-bond donors (Lipinski definition) is 0. The van der Waals surface area contributed by atoms with Crippen LogP contribution >= 0.6 is 0 Å². The Hall–Kier alpha value is -1.27. The first-order valence-electron chi connectivity index (χ1n) is 7.04. The normalized spacial score (nSPS) is 12.5. The predicted octanol–water partition coefficient (Wildman–Crippen LogP) is 5.27. The quantitative estimate of drug-likeness (QED) is 0.717. The second kappa shape index (κ2) is 5.26. The van der Waals surface area contributed by atoms with Crippen LogP contribution in [0.2, 0.25) is 39.3 Å². The zero-order valence-electron chi connectivity index (χ0n) is 13.3. The molecule has 0 amide bonds. The number of rotatable bonds is 4. The molecule has 108 valence electrons. The SMILES string of the molecule is C[Si](C)(C)Oc1ccc2ccc(O[Si](C)(C)C)cc2c1. The van der Waals surface area contributed by atoms with E-state index in [1.807, 2.05) is 0 Å². The van der Waals surface area contributed by atoms with Crippen LogP contribution in [0.15, 0.2) is 36.4 Å². The highest BCUT2D eigenvalue weighted by Gasteiger charge is 2.17. The van der Waals surface area contributed by atoms with Crippen molar-refractivity contribution in [1.29, 1.82) is 0 Å². The molecule has 2 rings (SSSR count). The van der Waals surface area contributed by atoms with Gasteiger partial charge in [0.15, 0.2) is 0 Å². The summed E-state index contributed by atoms with van der Waals surface area (Å²) in [6, 6.07) is 12.6. The van der Waals surface area contributed by atoms with Crippen LogP contribution in [0.4, 0.5) is 0 Å². The topological polar surface area (TPSA) is 18.5 Å². The third kappa shape index (κ3) is 4.39. The Labute approximate surface area is 124 Å². The fourth-order valence-electron chi connectivity index (χ4n) is 2.04. The molecule has 0 aromatic heterocycles. The van der Waals surface area contributed by atoms with Gasteiger partial charge in [-0.2, -0.15) is 0 Å². The fraction of sp³-hybridized carbons (Fsp3) is 0.375. The van der Waals surface area contributed by atoms with Gasteiger partial charge < -0.3 is 8.85 Å². The maximum atomic E-state index is 6.06. The Morgan fingerprint density at radius 3 is 1.35 bits per heavy atom. The molecule has 0 aliphatic rings. The van der Waals surface area contributed by atoms with Gasteiger partial charge in [0.1, 0.15) is 11.5 Å².